The van der Waals surface area contributed by atoms with Crippen molar-refractivity contribution in [2.45, 2.75) is 38.3 Å². The monoisotopic (exact) mass is 284 g/mol. The van der Waals surface area contributed by atoms with Crippen LogP contribution in [0.25, 0.3) is 0 Å². The molecule has 1 aliphatic carbocycles. The van der Waals surface area contributed by atoms with Gasteiger partial charge in [0.05, 0.1) is 16.6 Å². The number of nitrogens with zero attached hydrogens (tertiary/aromatic N) is 1. The highest BCUT2D eigenvalue weighted by atomic mass is 79.9. The van der Waals surface area contributed by atoms with Crippen LogP contribution in [0.3, 0.4) is 0 Å². The highest BCUT2D eigenvalue weighted by Crippen LogP contribution is 2.29. The lowest BCUT2D eigenvalue weighted by molar-refractivity contribution is 0.101. The van der Waals surface area contributed by atoms with E-state index in [-0.39, 0.29) is 0 Å². The Hall–Kier alpha value is -0.610. The molecule has 3 nitrogen and oxygen atoms in total. The molecule has 1 saturated carbocycles. The third-order valence-electron chi connectivity index (χ3n) is 3.16. The topological polar surface area (TPSA) is 34.1 Å². The van der Waals surface area contributed by atoms with Crippen molar-refractivity contribution in [3.8, 4) is 0 Å². The summed E-state index contributed by atoms with van der Waals surface area (Å²) in [6.07, 6.45) is 5.66. The first-order valence-electron chi connectivity index (χ1n) is 5.63. The van der Waals surface area contributed by atoms with Crippen molar-refractivity contribution in [2.75, 3.05) is 12.4 Å². The molecule has 2 unspecified atom stereocenters. The molecule has 88 valence electrons. The van der Waals surface area contributed by atoms with Gasteiger partial charge in [0.15, 0.2) is 0 Å². The third kappa shape index (κ3) is 2.38. The standard InChI is InChI=1S/C12H17BrN2O/c1-8-6-7-14-12(11(8)13)15-9-4-3-5-10(9)16-2/h6-7,9-10H,3-5H2,1-2H3,(H,14,15). The van der Waals surface area contributed by atoms with Gasteiger partial charge < -0.3 is 10.1 Å². The summed E-state index contributed by atoms with van der Waals surface area (Å²) >= 11 is 3.56. The Labute approximate surface area is 105 Å². The van der Waals surface area contributed by atoms with Crippen LogP contribution in [0, 0.1) is 6.92 Å². The normalized spacial score (nSPS) is 24.7. The van der Waals surface area contributed by atoms with Crippen LogP contribution in [0.4, 0.5) is 5.82 Å². The molecule has 2 rings (SSSR count). The van der Waals surface area contributed by atoms with Gasteiger partial charge in [-0.05, 0) is 53.7 Å². The molecule has 1 N–H and O–H groups in total. The average Bonchev–Trinajstić information content (AvgIpc) is 2.72. The van der Waals surface area contributed by atoms with Gasteiger partial charge in [-0.2, -0.15) is 0 Å². The molecule has 0 radical (unpaired) electrons. The molecule has 16 heavy (non-hydrogen) atoms. The molecule has 1 fully saturated rings. The number of pyridine rings is 1. The second-order valence-corrected chi connectivity index (χ2v) is 5.04. The number of aryl methyl sites for hydroxylation is 1. The number of ether oxygens (including phenoxy) is 1. The second-order valence-electron chi connectivity index (χ2n) is 4.25. The maximum absolute atomic E-state index is 5.46. The number of rotatable bonds is 3. The quantitative estimate of drug-likeness (QED) is 0.926. The van der Waals surface area contributed by atoms with E-state index in [1.165, 1.54) is 12.0 Å². The van der Waals surface area contributed by atoms with E-state index in [1.807, 2.05) is 12.3 Å². The first kappa shape index (κ1) is 11.9. The van der Waals surface area contributed by atoms with Gasteiger partial charge in [-0.25, -0.2) is 4.98 Å². The first-order valence-corrected chi connectivity index (χ1v) is 6.42. The van der Waals surface area contributed by atoms with E-state index in [0.29, 0.717) is 12.1 Å². The molecule has 0 spiro atoms. The van der Waals surface area contributed by atoms with E-state index in [9.17, 15) is 0 Å². The zero-order valence-corrected chi connectivity index (χ0v) is 11.3. The van der Waals surface area contributed by atoms with Crippen molar-refractivity contribution in [1.29, 1.82) is 0 Å². The molecule has 1 aromatic rings. The summed E-state index contributed by atoms with van der Waals surface area (Å²) in [5, 5.41) is 3.47. The molecule has 0 aromatic carbocycles. The lowest BCUT2D eigenvalue weighted by Crippen LogP contribution is -2.30. The van der Waals surface area contributed by atoms with Gasteiger partial charge in [0.1, 0.15) is 5.82 Å². The number of hydrogen-bond donors (Lipinski definition) is 1. The summed E-state index contributed by atoms with van der Waals surface area (Å²) in [6.45, 7) is 2.07. The van der Waals surface area contributed by atoms with Crippen molar-refractivity contribution < 1.29 is 4.74 Å². The summed E-state index contributed by atoms with van der Waals surface area (Å²) in [4.78, 5) is 4.36. The number of halogens is 1. The average molecular weight is 285 g/mol. The number of aromatic nitrogens is 1. The summed E-state index contributed by atoms with van der Waals surface area (Å²) in [7, 11) is 1.78. The second kappa shape index (κ2) is 5.15. The molecular formula is C12H17BrN2O. The summed E-state index contributed by atoms with van der Waals surface area (Å²) in [5.74, 6) is 0.925. The molecule has 0 bridgehead atoms. The number of hydrogen-bond acceptors (Lipinski definition) is 3. The largest absolute Gasteiger partial charge is 0.379 e. The minimum Gasteiger partial charge on any atom is -0.379 e. The molecular weight excluding hydrogens is 268 g/mol. The van der Waals surface area contributed by atoms with E-state index in [1.54, 1.807) is 7.11 Å². The van der Waals surface area contributed by atoms with E-state index in [4.69, 9.17) is 4.74 Å². The van der Waals surface area contributed by atoms with Crippen LogP contribution in [0.15, 0.2) is 16.7 Å². The number of nitrogens with one attached hydrogen (secondary N) is 1. The number of methoxy groups -OCH3 is 1. The minimum absolute atomic E-state index is 0.314. The third-order valence-corrected chi connectivity index (χ3v) is 4.16. The molecule has 0 aliphatic heterocycles. The lowest BCUT2D eigenvalue weighted by Gasteiger charge is -2.21. The first-order chi connectivity index (χ1) is 7.72. The van der Waals surface area contributed by atoms with Gasteiger partial charge in [-0.15, -0.1) is 0 Å². The number of anilines is 1. The van der Waals surface area contributed by atoms with Gasteiger partial charge in [0, 0.05) is 13.3 Å². The summed E-state index contributed by atoms with van der Waals surface area (Å²) in [5.41, 5.74) is 1.20. The predicted octanol–water partition coefficient (Wildman–Crippen LogP) is 3.13. The van der Waals surface area contributed by atoms with Crippen molar-refractivity contribution in [1.82, 2.24) is 4.98 Å². The SMILES string of the molecule is COC1CCCC1Nc1nccc(C)c1Br. The molecule has 2 atom stereocenters. The maximum atomic E-state index is 5.46. The molecule has 1 aromatic heterocycles. The molecule has 1 aliphatic rings. The van der Waals surface area contributed by atoms with Gasteiger partial charge in [0.2, 0.25) is 0 Å². The Bertz CT molecular complexity index is 370. The predicted molar refractivity (Wildman–Crippen MR) is 68.7 cm³/mol. The van der Waals surface area contributed by atoms with Crippen LogP contribution in [-0.2, 0) is 4.74 Å². The van der Waals surface area contributed by atoms with Crippen LogP contribution in [0.1, 0.15) is 24.8 Å². The zero-order valence-electron chi connectivity index (χ0n) is 9.66. The molecule has 0 amide bonds. The highest BCUT2D eigenvalue weighted by molar-refractivity contribution is 9.10. The maximum Gasteiger partial charge on any atom is 0.140 e. The van der Waals surface area contributed by atoms with E-state index in [0.717, 1.165) is 23.1 Å². The fraction of sp³-hybridized carbons (Fsp3) is 0.583. The van der Waals surface area contributed by atoms with Crippen molar-refractivity contribution in [2.24, 2.45) is 0 Å². The van der Waals surface area contributed by atoms with Crippen LogP contribution >= 0.6 is 15.9 Å². The van der Waals surface area contributed by atoms with Crippen LogP contribution in [-0.4, -0.2) is 24.2 Å². The summed E-state index contributed by atoms with van der Waals surface area (Å²) < 4.78 is 6.51. The molecule has 4 heteroatoms. The van der Waals surface area contributed by atoms with Gasteiger partial charge >= 0.3 is 0 Å². The van der Waals surface area contributed by atoms with E-state index < -0.39 is 0 Å². The minimum atomic E-state index is 0.314. The van der Waals surface area contributed by atoms with Gasteiger partial charge in [-0.3, -0.25) is 0 Å². The lowest BCUT2D eigenvalue weighted by atomic mass is 10.2. The van der Waals surface area contributed by atoms with Gasteiger partial charge in [-0.1, -0.05) is 0 Å². The molecule has 1 heterocycles. The molecule has 0 saturated heterocycles. The Kier molecular flexibility index (Phi) is 3.82. The van der Waals surface area contributed by atoms with E-state index in [2.05, 4.69) is 33.2 Å². The van der Waals surface area contributed by atoms with Crippen molar-refractivity contribution >= 4 is 21.7 Å². The van der Waals surface area contributed by atoms with Gasteiger partial charge in [0.25, 0.3) is 0 Å². The van der Waals surface area contributed by atoms with Crippen LogP contribution in [0.2, 0.25) is 0 Å². The van der Waals surface area contributed by atoms with Crippen molar-refractivity contribution in [3.05, 3.63) is 22.3 Å². The van der Waals surface area contributed by atoms with E-state index >= 15 is 0 Å². The fourth-order valence-corrected chi connectivity index (χ4v) is 2.54. The Morgan fingerprint density at radius 2 is 2.31 bits per heavy atom. The summed E-state index contributed by atoms with van der Waals surface area (Å²) in [6, 6.07) is 2.38. The van der Waals surface area contributed by atoms with Crippen LogP contribution in [0.5, 0.6) is 0 Å². The Morgan fingerprint density at radius 1 is 1.50 bits per heavy atom. The smallest absolute Gasteiger partial charge is 0.140 e. The Balaban J connectivity index is 2.11. The van der Waals surface area contributed by atoms with Crippen molar-refractivity contribution in [3.63, 3.8) is 0 Å². The fourth-order valence-electron chi connectivity index (χ4n) is 2.19. The Morgan fingerprint density at radius 3 is 3.06 bits per heavy atom. The highest BCUT2D eigenvalue weighted by Gasteiger charge is 2.27. The zero-order chi connectivity index (χ0) is 11.5. The van der Waals surface area contributed by atoms with Crippen LogP contribution < -0.4 is 5.32 Å².